The van der Waals surface area contributed by atoms with E-state index in [1.807, 2.05) is 54.6 Å². The highest BCUT2D eigenvalue weighted by Gasteiger charge is 2.31. The summed E-state index contributed by atoms with van der Waals surface area (Å²) < 4.78 is 22.5. The van der Waals surface area contributed by atoms with Gasteiger partial charge in [0.25, 0.3) is 0 Å². The highest BCUT2D eigenvalue weighted by atomic mass is 16.7. The molecule has 0 fully saturated rings. The maximum atomic E-state index is 13.0. The molecular formula is C28H24N2O6. The van der Waals surface area contributed by atoms with E-state index in [1.54, 1.807) is 13.2 Å². The van der Waals surface area contributed by atoms with Crippen molar-refractivity contribution in [2.75, 3.05) is 25.8 Å². The van der Waals surface area contributed by atoms with Crippen LogP contribution in [-0.4, -0.2) is 32.3 Å². The fourth-order valence-corrected chi connectivity index (χ4v) is 4.83. The zero-order valence-corrected chi connectivity index (χ0v) is 19.6. The number of rotatable bonds is 7. The molecule has 0 aliphatic carbocycles. The van der Waals surface area contributed by atoms with Gasteiger partial charge in [0, 0.05) is 34.8 Å². The van der Waals surface area contributed by atoms with Gasteiger partial charge in [0.15, 0.2) is 11.5 Å². The summed E-state index contributed by atoms with van der Waals surface area (Å²) in [6.07, 6.45) is 0.603. The molecule has 0 radical (unpaired) electrons. The molecule has 0 saturated carbocycles. The highest BCUT2D eigenvalue weighted by Crippen LogP contribution is 2.42. The van der Waals surface area contributed by atoms with Crippen LogP contribution in [0.3, 0.4) is 0 Å². The number of carbonyl (C=O) groups is 2. The summed E-state index contributed by atoms with van der Waals surface area (Å²) >= 11 is 0. The molecule has 4 aromatic rings. The third-order valence-electron chi connectivity index (χ3n) is 6.62. The minimum atomic E-state index is -0.343. The summed E-state index contributed by atoms with van der Waals surface area (Å²) in [5.74, 6) is 2.02. The van der Waals surface area contributed by atoms with Gasteiger partial charge >= 0.3 is 0 Å². The number of fused-ring (bicyclic) bond motifs is 3. The summed E-state index contributed by atoms with van der Waals surface area (Å²) in [6, 6.07) is 18.9. The van der Waals surface area contributed by atoms with Crippen LogP contribution in [0.25, 0.3) is 22.3 Å². The van der Waals surface area contributed by atoms with Crippen LogP contribution >= 0.6 is 0 Å². The molecule has 6 rings (SSSR count). The predicted octanol–water partition coefficient (Wildman–Crippen LogP) is 4.62. The van der Waals surface area contributed by atoms with E-state index >= 15 is 0 Å². The van der Waals surface area contributed by atoms with Gasteiger partial charge in [0.1, 0.15) is 17.1 Å². The number of nitrogens with one attached hydrogen (secondary N) is 2. The minimum Gasteiger partial charge on any atom is -0.497 e. The number of furan rings is 1. The molecule has 8 nitrogen and oxygen atoms in total. The summed E-state index contributed by atoms with van der Waals surface area (Å²) in [5, 5.41) is 6.68. The van der Waals surface area contributed by atoms with Crippen molar-refractivity contribution < 1.29 is 28.2 Å². The number of hydrogen-bond acceptors (Lipinski definition) is 6. The van der Waals surface area contributed by atoms with Crippen molar-refractivity contribution in [3.63, 3.8) is 0 Å². The van der Waals surface area contributed by atoms with E-state index in [0.29, 0.717) is 41.6 Å². The van der Waals surface area contributed by atoms with Crippen molar-refractivity contribution in [1.82, 2.24) is 5.32 Å². The van der Waals surface area contributed by atoms with Crippen LogP contribution in [0, 0.1) is 0 Å². The molecule has 3 aromatic carbocycles. The monoisotopic (exact) mass is 484 g/mol. The summed E-state index contributed by atoms with van der Waals surface area (Å²) in [7, 11) is 1.60. The maximum absolute atomic E-state index is 13.0. The highest BCUT2D eigenvalue weighted by molar-refractivity contribution is 6.03. The van der Waals surface area contributed by atoms with Crippen LogP contribution in [0.2, 0.25) is 0 Å². The largest absolute Gasteiger partial charge is 0.497 e. The maximum Gasteiger partial charge on any atom is 0.232 e. The molecule has 2 aliphatic heterocycles. The first-order valence-corrected chi connectivity index (χ1v) is 11.8. The smallest absolute Gasteiger partial charge is 0.232 e. The first-order valence-electron chi connectivity index (χ1n) is 11.8. The molecule has 2 aliphatic rings. The topological polar surface area (TPSA) is 99.0 Å². The van der Waals surface area contributed by atoms with E-state index in [2.05, 4.69) is 10.6 Å². The number of hydrogen-bond donors (Lipinski definition) is 2. The lowest BCUT2D eigenvalue weighted by molar-refractivity contribution is -0.121. The first kappa shape index (κ1) is 22.0. The number of anilines is 1. The van der Waals surface area contributed by atoms with E-state index in [-0.39, 0.29) is 30.9 Å². The van der Waals surface area contributed by atoms with Gasteiger partial charge in [-0.3, -0.25) is 9.59 Å². The average Bonchev–Trinajstić information content (AvgIpc) is 3.58. The molecular weight excluding hydrogens is 460 g/mol. The van der Waals surface area contributed by atoms with Crippen molar-refractivity contribution >= 4 is 28.5 Å². The van der Waals surface area contributed by atoms with Crippen LogP contribution in [0.5, 0.6) is 17.2 Å². The van der Waals surface area contributed by atoms with Gasteiger partial charge in [0.05, 0.1) is 19.4 Å². The minimum absolute atomic E-state index is 0.0734. The second kappa shape index (κ2) is 8.96. The summed E-state index contributed by atoms with van der Waals surface area (Å²) in [5.41, 5.74) is 3.96. The third kappa shape index (κ3) is 3.90. The lowest BCUT2D eigenvalue weighted by Gasteiger charge is -2.11. The van der Waals surface area contributed by atoms with E-state index in [9.17, 15) is 9.59 Å². The van der Waals surface area contributed by atoms with Crippen LogP contribution < -0.4 is 24.8 Å². The second-order valence-corrected chi connectivity index (χ2v) is 8.79. The molecule has 2 N–H and O–H groups in total. The van der Waals surface area contributed by atoms with Gasteiger partial charge in [-0.15, -0.1) is 0 Å². The van der Waals surface area contributed by atoms with Gasteiger partial charge < -0.3 is 29.3 Å². The Balaban J connectivity index is 1.21. The normalized spacial score (nSPS) is 15.6. The summed E-state index contributed by atoms with van der Waals surface area (Å²) in [4.78, 5) is 25.5. The van der Waals surface area contributed by atoms with Crippen molar-refractivity contribution in [3.8, 4) is 28.6 Å². The standard InChI is InChI=1S/C28H24N2O6/c1-33-17-7-8-22-19(11-17)18(28(32)30-22)9-10-29-26(31)13-21-20-12-24-25(35-15-34-24)14-23(20)36-27(21)16-5-3-2-4-6-16/h2-8,11-12,14,18H,9-10,13,15H2,1H3,(H,29,31)(H,30,32). The Morgan fingerprint density at radius 3 is 2.69 bits per heavy atom. The van der Waals surface area contributed by atoms with Gasteiger partial charge in [-0.25, -0.2) is 0 Å². The van der Waals surface area contributed by atoms with Crippen molar-refractivity contribution in [1.29, 1.82) is 0 Å². The first-order chi connectivity index (χ1) is 17.6. The van der Waals surface area contributed by atoms with Gasteiger partial charge in [-0.05, 0) is 36.2 Å². The number of carbonyl (C=O) groups excluding carboxylic acids is 2. The van der Waals surface area contributed by atoms with Gasteiger partial charge in [0.2, 0.25) is 18.6 Å². The van der Waals surface area contributed by atoms with Crippen LogP contribution in [0.4, 0.5) is 5.69 Å². The SMILES string of the molecule is COc1ccc2c(c1)C(CCNC(=O)Cc1c(-c3ccccc3)oc3cc4c(cc13)OCO4)C(=O)N2. The molecule has 182 valence electrons. The number of ether oxygens (including phenoxy) is 3. The molecule has 8 heteroatoms. The molecule has 1 aromatic heterocycles. The van der Waals surface area contributed by atoms with Gasteiger partial charge in [-0.1, -0.05) is 30.3 Å². The Morgan fingerprint density at radius 2 is 1.89 bits per heavy atom. The Labute approximate surface area is 207 Å². The Morgan fingerprint density at radius 1 is 1.08 bits per heavy atom. The van der Waals surface area contributed by atoms with E-state index in [1.165, 1.54) is 0 Å². The molecule has 0 spiro atoms. The number of amides is 2. The number of methoxy groups -OCH3 is 1. The molecule has 1 atom stereocenters. The Bertz CT molecular complexity index is 1480. The van der Waals surface area contributed by atoms with Crippen molar-refractivity contribution in [2.24, 2.45) is 0 Å². The second-order valence-electron chi connectivity index (χ2n) is 8.79. The molecule has 0 bridgehead atoms. The van der Waals surface area contributed by atoms with Crippen molar-refractivity contribution in [2.45, 2.75) is 18.8 Å². The summed E-state index contributed by atoms with van der Waals surface area (Å²) in [6.45, 7) is 0.517. The third-order valence-corrected chi connectivity index (χ3v) is 6.62. The van der Waals surface area contributed by atoms with Crippen molar-refractivity contribution in [3.05, 3.63) is 71.8 Å². The Kier molecular flexibility index (Phi) is 5.48. The molecule has 36 heavy (non-hydrogen) atoms. The fourth-order valence-electron chi connectivity index (χ4n) is 4.83. The quantitative estimate of drug-likeness (QED) is 0.397. The average molecular weight is 485 g/mol. The zero-order valence-electron chi connectivity index (χ0n) is 19.6. The van der Waals surface area contributed by atoms with E-state index in [4.69, 9.17) is 18.6 Å². The van der Waals surface area contributed by atoms with Crippen LogP contribution in [-0.2, 0) is 16.0 Å². The number of benzene rings is 3. The fraction of sp³-hybridized carbons (Fsp3) is 0.214. The van der Waals surface area contributed by atoms with Gasteiger partial charge in [-0.2, -0.15) is 0 Å². The van der Waals surface area contributed by atoms with E-state index < -0.39 is 0 Å². The lowest BCUT2D eigenvalue weighted by atomic mass is 9.97. The lowest BCUT2D eigenvalue weighted by Crippen LogP contribution is -2.28. The molecule has 3 heterocycles. The van der Waals surface area contributed by atoms with Crippen LogP contribution in [0.1, 0.15) is 23.5 Å². The van der Waals surface area contributed by atoms with Crippen LogP contribution in [0.15, 0.2) is 65.1 Å². The molecule has 2 amide bonds. The Hall–Kier alpha value is -4.46. The predicted molar refractivity (Wildman–Crippen MR) is 133 cm³/mol. The molecule has 1 unspecified atom stereocenters. The zero-order chi connectivity index (χ0) is 24.6. The molecule has 0 saturated heterocycles. The van der Waals surface area contributed by atoms with E-state index in [0.717, 1.165) is 27.8 Å².